The van der Waals surface area contributed by atoms with Crippen LogP contribution in [0.25, 0.3) is 0 Å². The van der Waals surface area contributed by atoms with Crippen molar-refractivity contribution in [3.05, 3.63) is 90.5 Å². The van der Waals surface area contributed by atoms with E-state index in [4.69, 9.17) is 9.47 Å². The molecule has 3 aromatic rings. The number of amides is 1. The summed E-state index contributed by atoms with van der Waals surface area (Å²) >= 11 is 0. The summed E-state index contributed by atoms with van der Waals surface area (Å²) in [5, 5.41) is 0. The molecule has 138 valence electrons. The molecule has 0 saturated heterocycles. The van der Waals surface area contributed by atoms with Gasteiger partial charge in [-0.25, -0.2) is 4.79 Å². The monoisotopic (exact) mass is 361 g/mol. The summed E-state index contributed by atoms with van der Waals surface area (Å²) in [6.45, 7) is 4.10. The van der Waals surface area contributed by atoms with Gasteiger partial charge >= 0.3 is 6.09 Å². The van der Waals surface area contributed by atoms with Crippen molar-refractivity contribution in [2.45, 2.75) is 26.5 Å². The van der Waals surface area contributed by atoms with Crippen LogP contribution in [0.5, 0.6) is 11.5 Å². The van der Waals surface area contributed by atoms with Gasteiger partial charge in [-0.2, -0.15) is 0 Å². The Morgan fingerprint density at radius 2 is 1.48 bits per heavy atom. The molecule has 0 atom stereocenters. The van der Waals surface area contributed by atoms with Crippen molar-refractivity contribution >= 4 is 11.8 Å². The van der Waals surface area contributed by atoms with Crippen LogP contribution in [0.15, 0.2) is 84.9 Å². The van der Waals surface area contributed by atoms with Crippen LogP contribution in [0.4, 0.5) is 10.5 Å². The Morgan fingerprint density at radius 1 is 0.852 bits per heavy atom. The van der Waals surface area contributed by atoms with E-state index in [2.05, 4.69) is 0 Å². The quantitative estimate of drug-likeness (QED) is 0.538. The zero-order valence-corrected chi connectivity index (χ0v) is 15.5. The van der Waals surface area contributed by atoms with Crippen LogP contribution >= 0.6 is 0 Å². The first-order valence-electron chi connectivity index (χ1n) is 8.96. The van der Waals surface area contributed by atoms with Crippen LogP contribution < -0.4 is 9.64 Å². The van der Waals surface area contributed by atoms with E-state index in [0.717, 1.165) is 17.0 Å². The summed E-state index contributed by atoms with van der Waals surface area (Å²) in [6.07, 6.45) is -0.370. The maximum atomic E-state index is 12.6. The number of carbonyl (C=O) groups excluding carboxylic acids is 1. The van der Waals surface area contributed by atoms with Gasteiger partial charge in [-0.3, -0.25) is 4.90 Å². The molecule has 0 spiro atoms. The summed E-state index contributed by atoms with van der Waals surface area (Å²) in [7, 11) is 0. The van der Waals surface area contributed by atoms with Crippen molar-refractivity contribution in [1.82, 2.24) is 0 Å². The maximum absolute atomic E-state index is 12.6. The van der Waals surface area contributed by atoms with Gasteiger partial charge in [0.2, 0.25) is 0 Å². The fourth-order valence-electron chi connectivity index (χ4n) is 2.74. The van der Waals surface area contributed by atoms with Gasteiger partial charge in [-0.05, 0) is 55.8 Å². The van der Waals surface area contributed by atoms with Crippen LogP contribution in [0.1, 0.15) is 19.4 Å². The molecular formula is C23H23NO3. The number of hydrogen-bond donors (Lipinski definition) is 0. The van der Waals surface area contributed by atoms with Gasteiger partial charge < -0.3 is 9.47 Å². The molecule has 0 aliphatic carbocycles. The van der Waals surface area contributed by atoms with Crippen molar-refractivity contribution in [1.29, 1.82) is 0 Å². The smallest absolute Gasteiger partial charge is 0.414 e. The maximum Gasteiger partial charge on any atom is 0.414 e. The lowest BCUT2D eigenvalue weighted by Crippen LogP contribution is -2.37. The standard InChI is InChI=1S/C23H23NO3/c1-18(2)24(20-11-5-3-6-12-20)23(25)26-17-19-10-9-15-22(16-19)27-21-13-7-4-8-14-21/h3-16,18H,17H2,1-2H3. The zero-order valence-electron chi connectivity index (χ0n) is 15.5. The predicted octanol–water partition coefficient (Wildman–Crippen LogP) is 6.03. The third kappa shape index (κ3) is 5.11. The fraction of sp³-hybridized carbons (Fsp3) is 0.174. The Balaban J connectivity index is 1.65. The molecule has 1 amide bonds. The zero-order chi connectivity index (χ0) is 19.1. The Bertz CT molecular complexity index is 863. The van der Waals surface area contributed by atoms with E-state index < -0.39 is 0 Å². The molecule has 0 saturated carbocycles. The number of ether oxygens (including phenoxy) is 2. The molecule has 0 aromatic heterocycles. The fourth-order valence-corrected chi connectivity index (χ4v) is 2.74. The van der Waals surface area contributed by atoms with Crippen molar-refractivity contribution in [2.75, 3.05) is 4.90 Å². The third-order valence-corrected chi connectivity index (χ3v) is 3.99. The first-order valence-corrected chi connectivity index (χ1v) is 8.96. The molecule has 3 rings (SSSR count). The van der Waals surface area contributed by atoms with E-state index in [1.807, 2.05) is 98.8 Å². The molecule has 4 heteroatoms. The van der Waals surface area contributed by atoms with Crippen molar-refractivity contribution in [3.63, 3.8) is 0 Å². The Morgan fingerprint density at radius 3 is 2.15 bits per heavy atom. The molecule has 4 nitrogen and oxygen atoms in total. The van der Waals surface area contributed by atoms with Crippen LogP contribution in [0.3, 0.4) is 0 Å². The second-order valence-corrected chi connectivity index (χ2v) is 6.42. The highest BCUT2D eigenvalue weighted by molar-refractivity contribution is 5.88. The third-order valence-electron chi connectivity index (χ3n) is 3.99. The van der Waals surface area contributed by atoms with E-state index in [0.29, 0.717) is 5.75 Å². The molecule has 0 heterocycles. The second kappa shape index (κ2) is 8.90. The Labute approximate surface area is 160 Å². The molecule has 0 unspecified atom stereocenters. The summed E-state index contributed by atoms with van der Waals surface area (Å²) < 4.78 is 11.4. The summed E-state index contributed by atoms with van der Waals surface area (Å²) in [5.41, 5.74) is 1.69. The number of nitrogens with zero attached hydrogens (tertiary/aromatic N) is 1. The van der Waals surface area contributed by atoms with E-state index >= 15 is 0 Å². The topological polar surface area (TPSA) is 38.8 Å². The lowest BCUT2D eigenvalue weighted by molar-refractivity contribution is 0.145. The number of anilines is 1. The summed E-state index contributed by atoms with van der Waals surface area (Å²) in [5.74, 6) is 1.47. The van der Waals surface area contributed by atoms with Crippen molar-refractivity contribution < 1.29 is 14.3 Å². The van der Waals surface area contributed by atoms with Crippen LogP contribution in [0, 0.1) is 0 Å². The normalized spacial score (nSPS) is 10.5. The first kappa shape index (κ1) is 18.5. The summed E-state index contributed by atoms with van der Waals surface area (Å²) in [6, 6.07) is 26.7. The molecule has 0 aliphatic rings. The highest BCUT2D eigenvalue weighted by Gasteiger charge is 2.20. The Hall–Kier alpha value is -3.27. The molecule has 0 N–H and O–H groups in total. The van der Waals surface area contributed by atoms with Crippen LogP contribution in [0.2, 0.25) is 0 Å². The number of benzene rings is 3. The highest BCUT2D eigenvalue weighted by atomic mass is 16.6. The van der Waals surface area contributed by atoms with Crippen LogP contribution in [-0.2, 0) is 11.3 Å². The van der Waals surface area contributed by atoms with Gasteiger partial charge in [0, 0.05) is 11.7 Å². The van der Waals surface area contributed by atoms with Gasteiger partial charge in [0.1, 0.15) is 18.1 Å². The molecule has 0 aliphatic heterocycles. The minimum Gasteiger partial charge on any atom is -0.457 e. The van der Waals surface area contributed by atoms with E-state index in [-0.39, 0.29) is 18.7 Å². The Kier molecular flexibility index (Phi) is 6.10. The summed E-state index contributed by atoms with van der Waals surface area (Å²) in [4.78, 5) is 14.3. The minimum absolute atomic E-state index is 0.00681. The van der Waals surface area contributed by atoms with E-state index in [9.17, 15) is 4.79 Å². The van der Waals surface area contributed by atoms with Crippen molar-refractivity contribution in [2.24, 2.45) is 0 Å². The van der Waals surface area contributed by atoms with Gasteiger partial charge in [0.25, 0.3) is 0 Å². The molecule has 0 bridgehead atoms. The van der Waals surface area contributed by atoms with Gasteiger partial charge in [-0.15, -0.1) is 0 Å². The van der Waals surface area contributed by atoms with Gasteiger partial charge in [0.15, 0.2) is 0 Å². The molecule has 27 heavy (non-hydrogen) atoms. The SMILES string of the molecule is CC(C)N(C(=O)OCc1cccc(Oc2ccccc2)c1)c1ccccc1. The average Bonchev–Trinajstić information content (AvgIpc) is 2.68. The van der Waals surface area contributed by atoms with Crippen molar-refractivity contribution in [3.8, 4) is 11.5 Å². The largest absolute Gasteiger partial charge is 0.457 e. The average molecular weight is 361 g/mol. The lowest BCUT2D eigenvalue weighted by Gasteiger charge is -2.26. The highest BCUT2D eigenvalue weighted by Crippen LogP contribution is 2.23. The second-order valence-electron chi connectivity index (χ2n) is 6.42. The molecule has 3 aromatic carbocycles. The molecule has 0 fully saturated rings. The molecule has 0 radical (unpaired) electrons. The number of hydrogen-bond acceptors (Lipinski definition) is 3. The first-order chi connectivity index (χ1) is 13.1. The molecular weight excluding hydrogens is 338 g/mol. The minimum atomic E-state index is -0.370. The van der Waals surface area contributed by atoms with Crippen LogP contribution in [-0.4, -0.2) is 12.1 Å². The number of rotatable bonds is 6. The van der Waals surface area contributed by atoms with Gasteiger partial charge in [-0.1, -0.05) is 48.5 Å². The lowest BCUT2D eigenvalue weighted by atomic mass is 10.2. The predicted molar refractivity (Wildman–Crippen MR) is 107 cm³/mol. The van der Waals surface area contributed by atoms with E-state index in [1.54, 1.807) is 4.90 Å². The number of para-hydroxylation sites is 2. The number of carbonyl (C=O) groups is 1. The van der Waals surface area contributed by atoms with E-state index in [1.165, 1.54) is 0 Å². The van der Waals surface area contributed by atoms with Gasteiger partial charge in [0.05, 0.1) is 0 Å².